The summed E-state index contributed by atoms with van der Waals surface area (Å²) in [6.45, 7) is -0.0981. The number of aliphatic hydroxyl groups is 1. The van der Waals surface area contributed by atoms with Crippen molar-refractivity contribution in [2.75, 3.05) is 6.61 Å². The second kappa shape index (κ2) is 4.86. The zero-order chi connectivity index (χ0) is 9.68. The third-order valence-electron chi connectivity index (χ3n) is 1.80. The molecule has 0 aromatic heterocycles. The van der Waals surface area contributed by atoms with Crippen molar-refractivity contribution < 1.29 is 5.11 Å². The van der Waals surface area contributed by atoms with E-state index in [-0.39, 0.29) is 12.5 Å². The molecule has 0 radical (unpaired) electrons. The van der Waals surface area contributed by atoms with Crippen LogP contribution in [0, 0.1) is 17.2 Å². The number of hydrogen-bond donors (Lipinski definition) is 1. The monoisotopic (exact) mass is 195 g/mol. The standard InChI is InChI=1S/C10H10ClNO/c11-10-3-1-8(2-4-10)5-9(6-12)7-13/h1-4,9,13H,5,7H2/t9-/m0/s1. The molecule has 1 aromatic carbocycles. The van der Waals surface area contributed by atoms with Gasteiger partial charge in [-0.05, 0) is 24.1 Å². The van der Waals surface area contributed by atoms with Crippen LogP contribution in [0.5, 0.6) is 0 Å². The second-order valence-electron chi connectivity index (χ2n) is 2.84. The topological polar surface area (TPSA) is 44.0 Å². The maximum Gasteiger partial charge on any atom is 0.0734 e. The maximum atomic E-state index is 8.79. The van der Waals surface area contributed by atoms with E-state index < -0.39 is 0 Å². The Bertz CT molecular complexity index is 302. The van der Waals surface area contributed by atoms with Crippen LogP contribution in [0.3, 0.4) is 0 Å². The van der Waals surface area contributed by atoms with Crippen LogP contribution >= 0.6 is 11.6 Å². The fourth-order valence-corrected chi connectivity index (χ4v) is 1.18. The highest BCUT2D eigenvalue weighted by Gasteiger charge is 2.06. The van der Waals surface area contributed by atoms with E-state index in [1.807, 2.05) is 18.2 Å². The Balaban J connectivity index is 2.64. The average molecular weight is 196 g/mol. The first-order valence-corrected chi connectivity index (χ1v) is 4.39. The number of nitrogens with zero attached hydrogens (tertiary/aromatic N) is 1. The average Bonchev–Trinajstić information content (AvgIpc) is 2.17. The van der Waals surface area contributed by atoms with Gasteiger partial charge in [-0.25, -0.2) is 0 Å². The van der Waals surface area contributed by atoms with Crippen molar-refractivity contribution in [3.8, 4) is 6.07 Å². The molecule has 1 atom stereocenters. The molecule has 0 fully saturated rings. The number of benzene rings is 1. The molecule has 0 spiro atoms. The van der Waals surface area contributed by atoms with Crippen LogP contribution in [-0.2, 0) is 6.42 Å². The molecule has 0 aliphatic carbocycles. The second-order valence-corrected chi connectivity index (χ2v) is 3.28. The molecule has 2 nitrogen and oxygen atoms in total. The third kappa shape index (κ3) is 3.06. The fraction of sp³-hybridized carbons (Fsp3) is 0.300. The van der Waals surface area contributed by atoms with Gasteiger partial charge in [-0.15, -0.1) is 0 Å². The van der Waals surface area contributed by atoms with E-state index in [2.05, 4.69) is 0 Å². The Morgan fingerprint density at radius 3 is 2.46 bits per heavy atom. The quantitative estimate of drug-likeness (QED) is 0.802. The summed E-state index contributed by atoms with van der Waals surface area (Å²) in [7, 11) is 0. The van der Waals surface area contributed by atoms with Crippen LogP contribution in [0.4, 0.5) is 0 Å². The van der Waals surface area contributed by atoms with Crippen molar-refractivity contribution in [1.29, 1.82) is 5.26 Å². The molecule has 0 saturated carbocycles. The first-order chi connectivity index (χ1) is 6.26. The molecule has 0 aliphatic rings. The highest BCUT2D eigenvalue weighted by molar-refractivity contribution is 6.30. The number of halogens is 1. The normalized spacial score (nSPS) is 12.1. The summed E-state index contributed by atoms with van der Waals surface area (Å²) in [5, 5.41) is 18.1. The molecule has 13 heavy (non-hydrogen) atoms. The van der Waals surface area contributed by atoms with E-state index in [0.29, 0.717) is 11.4 Å². The molecule has 0 bridgehead atoms. The van der Waals surface area contributed by atoms with Gasteiger partial charge in [0, 0.05) is 5.02 Å². The zero-order valence-corrected chi connectivity index (χ0v) is 7.83. The summed E-state index contributed by atoms with van der Waals surface area (Å²) < 4.78 is 0. The van der Waals surface area contributed by atoms with Gasteiger partial charge in [-0.1, -0.05) is 23.7 Å². The Morgan fingerprint density at radius 1 is 1.38 bits per heavy atom. The molecule has 0 heterocycles. The lowest BCUT2D eigenvalue weighted by molar-refractivity contribution is 0.255. The summed E-state index contributed by atoms with van der Waals surface area (Å²) in [5.41, 5.74) is 1.02. The van der Waals surface area contributed by atoms with Gasteiger partial charge in [-0.3, -0.25) is 0 Å². The molecule has 0 aliphatic heterocycles. The number of hydrogen-bond acceptors (Lipinski definition) is 2. The highest BCUT2D eigenvalue weighted by atomic mass is 35.5. The van der Waals surface area contributed by atoms with Gasteiger partial charge >= 0.3 is 0 Å². The predicted octanol–water partition coefficient (Wildman–Crippen LogP) is 2.01. The van der Waals surface area contributed by atoms with E-state index in [4.69, 9.17) is 22.0 Å². The maximum absolute atomic E-state index is 8.79. The number of rotatable bonds is 3. The lowest BCUT2D eigenvalue weighted by Gasteiger charge is -2.04. The Morgan fingerprint density at radius 2 is 2.00 bits per heavy atom. The van der Waals surface area contributed by atoms with Crippen LogP contribution in [0.1, 0.15) is 5.56 Å². The summed E-state index contributed by atoms with van der Waals surface area (Å²) in [5.74, 6) is -0.318. The minimum absolute atomic E-state index is 0.0981. The molecule has 0 amide bonds. The molecule has 0 unspecified atom stereocenters. The highest BCUT2D eigenvalue weighted by Crippen LogP contribution is 2.12. The molecule has 1 aromatic rings. The van der Waals surface area contributed by atoms with Gasteiger partial charge in [0.05, 0.1) is 18.6 Å². The predicted molar refractivity (Wildman–Crippen MR) is 51.3 cm³/mol. The fourth-order valence-electron chi connectivity index (χ4n) is 1.06. The first-order valence-electron chi connectivity index (χ1n) is 4.01. The van der Waals surface area contributed by atoms with Crippen LogP contribution in [-0.4, -0.2) is 11.7 Å². The van der Waals surface area contributed by atoms with E-state index in [9.17, 15) is 0 Å². The Hall–Kier alpha value is -1.04. The van der Waals surface area contributed by atoms with Crippen molar-refractivity contribution in [2.45, 2.75) is 6.42 Å². The lowest BCUT2D eigenvalue weighted by atomic mass is 10.0. The summed E-state index contributed by atoms with van der Waals surface area (Å²) >= 11 is 5.70. The first kappa shape index (κ1) is 10.0. The summed E-state index contributed by atoms with van der Waals surface area (Å²) in [6.07, 6.45) is 0.574. The molecule has 3 heteroatoms. The third-order valence-corrected chi connectivity index (χ3v) is 2.05. The molecule has 0 saturated heterocycles. The molecule has 68 valence electrons. The molecule has 1 N–H and O–H groups in total. The van der Waals surface area contributed by atoms with Crippen molar-refractivity contribution in [3.05, 3.63) is 34.9 Å². The largest absolute Gasteiger partial charge is 0.395 e. The zero-order valence-electron chi connectivity index (χ0n) is 7.07. The van der Waals surface area contributed by atoms with Gasteiger partial charge < -0.3 is 5.11 Å². The van der Waals surface area contributed by atoms with E-state index in [1.54, 1.807) is 12.1 Å². The van der Waals surface area contributed by atoms with Crippen LogP contribution in [0.2, 0.25) is 5.02 Å². The minimum atomic E-state index is -0.318. The lowest BCUT2D eigenvalue weighted by Crippen LogP contribution is -2.06. The van der Waals surface area contributed by atoms with Crippen molar-refractivity contribution >= 4 is 11.6 Å². The number of aliphatic hydroxyl groups excluding tert-OH is 1. The van der Waals surface area contributed by atoms with Gasteiger partial charge in [0.15, 0.2) is 0 Å². The van der Waals surface area contributed by atoms with Gasteiger partial charge in [0.25, 0.3) is 0 Å². The van der Waals surface area contributed by atoms with Crippen molar-refractivity contribution in [2.24, 2.45) is 5.92 Å². The summed E-state index contributed by atoms with van der Waals surface area (Å²) in [6, 6.07) is 9.32. The van der Waals surface area contributed by atoms with Crippen LogP contribution in [0.15, 0.2) is 24.3 Å². The van der Waals surface area contributed by atoms with Crippen LogP contribution in [0.25, 0.3) is 0 Å². The van der Waals surface area contributed by atoms with Crippen molar-refractivity contribution in [1.82, 2.24) is 0 Å². The Kier molecular flexibility index (Phi) is 3.75. The van der Waals surface area contributed by atoms with Gasteiger partial charge in [0.1, 0.15) is 0 Å². The van der Waals surface area contributed by atoms with Gasteiger partial charge in [0.2, 0.25) is 0 Å². The summed E-state index contributed by atoms with van der Waals surface area (Å²) in [4.78, 5) is 0. The van der Waals surface area contributed by atoms with E-state index >= 15 is 0 Å². The SMILES string of the molecule is N#C[C@@H](CO)Cc1ccc(Cl)cc1. The smallest absolute Gasteiger partial charge is 0.0734 e. The Labute approximate surface area is 82.4 Å². The molecular weight excluding hydrogens is 186 g/mol. The van der Waals surface area contributed by atoms with Crippen LogP contribution < -0.4 is 0 Å². The minimum Gasteiger partial charge on any atom is -0.395 e. The van der Waals surface area contributed by atoms with E-state index in [0.717, 1.165) is 5.56 Å². The van der Waals surface area contributed by atoms with Gasteiger partial charge in [-0.2, -0.15) is 5.26 Å². The molecule has 1 rings (SSSR count). The molecular formula is C10H10ClNO. The number of nitriles is 1. The van der Waals surface area contributed by atoms with Crippen molar-refractivity contribution in [3.63, 3.8) is 0 Å². The van der Waals surface area contributed by atoms with E-state index in [1.165, 1.54) is 0 Å².